The van der Waals surface area contributed by atoms with Crippen molar-refractivity contribution < 1.29 is 17.4 Å². The van der Waals surface area contributed by atoms with E-state index in [1.54, 1.807) is 48.5 Å². The molecule has 0 saturated carbocycles. The molecule has 7 nitrogen and oxygen atoms in total. The Morgan fingerprint density at radius 1 is 1.08 bits per heavy atom. The first-order valence-electron chi connectivity index (χ1n) is 7.57. The number of benzene rings is 2. The van der Waals surface area contributed by atoms with Crippen LogP contribution in [0.4, 0.5) is 0 Å². The van der Waals surface area contributed by atoms with E-state index in [1.165, 1.54) is 6.26 Å². The number of nitrogens with zero attached hydrogens (tertiary/aromatic N) is 2. The van der Waals surface area contributed by atoms with Crippen molar-refractivity contribution in [2.45, 2.75) is 11.4 Å². The van der Waals surface area contributed by atoms with Crippen molar-refractivity contribution in [3.63, 3.8) is 0 Å². The molecule has 26 heavy (non-hydrogen) atoms. The SMILES string of the molecule is O=S(=O)(NCc1noc(-c2ccc(Cl)cc2)n1)c1coc2ccccc12. The highest BCUT2D eigenvalue weighted by Crippen LogP contribution is 2.25. The van der Waals surface area contributed by atoms with Crippen molar-refractivity contribution in [1.82, 2.24) is 14.9 Å². The Morgan fingerprint density at radius 3 is 2.65 bits per heavy atom. The number of aromatic nitrogens is 2. The number of rotatable bonds is 5. The summed E-state index contributed by atoms with van der Waals surface area (Å²) in [6.45, 7) is -0.112. The summed E-state index contributed by atoms with van der Waals surface area (Å²) in [5.74, 6) is 0.496. The highest BCUT2D eigenvalue weighted by atomic mass is 35.5. The molecule has 132 valence electrons. The summed E-state index contributed by atoms with van der Waals surface area (Å²) in [7, 11) is -3.79. The fourth-order valence-corrected chi connectivity index (χ4v) is 3.67. The molecule has 0 aliphatic carbocycles. The van der Waals surface area contributed by atoms with Crippen molar-refractivity contribution >= 4 is 32.6 Å². The van der Waals surface area contributed by atoms with E-state index in [9.17, 15) is 8.42 Å². The molecule has 2 aromatic heterocycles. The molecule has 2 heterocycles. The van der Waals surface area contributed by atoms with Gasteiger partial charge in [-0.25, -0.2) is 13.1 Å². The van der Waals surface area contributed by atoms with Crippen LogP contribution < -0.4 is 4.72 Å². The molecule has 0 saturated heterocycles. The Morgan fingerprint density at radius 2 is 1.85 bits per heavy atom. The minimum atomic E-state index is -3.79. The van der Waals surface area contributed by atoms with Crippen LogP contribution in [0, 0.1) is 0 Å². The normalized spacial score (nSPS) is 11.9. The summed E-state index contributed by atoms with van der Waals surface area (Å²) >= 11 is 5.84. The molecule has 0 amide bonds. The third kappa shape index (κ3) is 3.22. The summed E-state index contributed by atoms with van der Waals surface area (Å²) in [5.41, 5.74) is 1.19. The fraction of sp³-hybridized carbons (Fsp3) is 0.0588. The van der Waals surface area contributed by atoms with Gasteiger partial charge in [-0.05, 0) is 36.4 Å². The van der Waals surface area contributed by atoms with Crippen LogP contribution in [0.5, 0.6) is 0 Å². The Bertz CT molecular complexity index is 1170. The highest BCUT2D eigenvalue weighted by Gasteiger charge is 2.21. The first-order chi connectivity index (χ1) is 12.5. The first kappa shape index (κ1) is 16.8. The third-order valence-electron chi connectivity index (χ3n) is 3.71. The molecule has 2 aromatic carbocycles. The maximum Gasteiger partial charge on any atom is 0.257 e. The molecule has 0 radical (unpaired) electrons. The number of furan rings is 1. The van der Waals surface area contributed by atoms with Crippen LogP contribution in [0.2, 0.25) is 5.02 Å². The predicted octanol–water partition coefficient (Wildman–Crippen LogP) is 3.61. The van der Waals surface area contributed by atoms with Gasteiger partial charge >= 0.3 is 0 Å². The molecule has 0 bridgehead atoms. The van der Waals surface area contributed by atoms with Crippen LogP contribution in [0.1, 0.15) is 5.82 Å². The largest absolute Gasteiger partial charge is 0.463 e. The Labute approximate surface area is 153 Å². The van der Waals surface area contributed by atoms with Gasteiger partial charge in [-0.1, -0.05) is 28.9 Å². The summed E-state index contributed by atoms with van der Waals surface area (Å²) in [5, 5.41) is 4.89. The number of hydrogen-bond acceptors (Lipinski definition) is 6. The third-order valence-corrected chi connectivity index (χ3v) is 5.39. The maximum absolute atomic E-state index is 12.5. The topological polar surface area (TPSA) is 98.2 Å². The minimum absolute atomic E-state index is 0.0644. The number of halogens is 1. The molecular weight excluding hydrogens is 378 g/mol. The fourth-order valence-electron chi connectivity index (χ4n) is 2.43. The smallest absolute Gasteiger partial charge is 0.257 e. The van der Waals surface area contributed by atoms with Crippen LogP contribution >= 0.6 is 11.6 Å². The number of nitrogens with one attached hydrogen (secondary N) is 1. The van der Waals surface area contributed by atoms with Gasteiger partial charge < -0.3 is 8.94 Å². The van der Waals surface area contributed by atoms with E-state index >= 15 is 0 Å². The summed E-state index contributed by atoms with van der Waals surface area (Å²) < 4.78 is 37.9. The second-order valence-electron chi connectivity index (χ2n) is 5.44. The van der Waals surface area contributed by atoms with E-state index in [0.29, 0.717) is 21.6 Å². The second-order valence-corrected chi connectivity index (χ2v) is 7.62. The van der Waals surface area contributed by atoms with Crippen LogP contribution in [-0.4, -0.2) is 18.6 Å². The molecule has 0 atom stereocenters. The average molecular weight is 390 g/mol. The van der Waals surface area contributed by atoms with Crippen LogP contribution in [0.25, 0.3) is 22.4 Å². The highest BCUT2D eigenvalue weighted by molar-refractivity contribution is 7.89. The van der Waals surface area contributed by atoms with Gasteiger partial charge in [-0.2, -0.15) is 4.98 Å². The van der Waals surface area contributed by atoms with Gasteiger partial charge in [0.25, 0.3) is 5.89 Å². The lowest BCUT2D eigenvalue weighted by atomic mass is 10.2. The molecule has 0 aliphatic heterocycles. The van der Waals surface area contributed by atoms with Gasteiger partial charge in [0.15, 0.2) is 5.82 Å². The predicted molar refractivity (Wildman–Crippen MR) is 95.0 cm³/mol. The molecule has 0 fully saturated rings. The summed E-state index contributed by atoms with van der Waals surface area (Å²) in [6.07, 6.45) is 1.21. The molecular formula is C17H12ClN3O4S. The van der Waals surface area contributed by atoms with Crippen molar-refractivity contribution in [2.75, 3.05) is 0 Å². The van der Waals surface area contributed by atoms with Crippen LogP contribution in [-0.2, 0) is 16.6 Å². The van der Waals surface area contributed by atoms with E-state index in [0.717, 1.165) is 0 Å². The number of sulfonamides is 1. The van der Waals surface area contributed by atoms with Gasteiger partial charge in [0.1, 0.15) is 16.7 Å². The zero-order valence-corrected chi connectivity index (χ0v) is 14.8. The van der Waals surface area contributed by atoms with Crippen molar-refractivity contribution in [2.24, 2.45) is 0 Å². The Hall–Kier alpha value is -2.68. The molecule has 0 unspecified atom stereocenters. The van der Waals surface area contributed by atoms with E-state index in [-0.39, 0.29) is 23.2 Å². The van der Waals surface area contributed by atoms with Crippen molar-refractivity contribution in [1.29, 1.82) is 0 Å². The molecule has 0 spiro atoms. The number of para-hydroxylation sites is 1. The van der Waals surface area contributed by atoms with Gasteiger partial charge in [0.05, 0.1) is 6.54 Å². The number of fused-ring (bicyclic) bond motifs is 1. The second kappa shape index (κ2) is 6.56. The zero-order chi connectivity index (χ0) is 18.1. The maximum atomic E-state index is 12.5. The quantitative estimate of drug-likeness (QED) is 0.559. The lowest BCUT2D eigenvalue weighted by Gasteiger charge is -2.02. The van der Waals surface area contributed by atoms with Gasteiger partial charge in [0, 0.05) is 16.0 Å². The average Bonchev–Trinajstić information content (AvgIpc) is 3.28. The Balaban J connectivity index is 1.53. The van der Waals surface area contributed by atoms with E-state index < -0.39 is 10.0 Å². The van der Waals surface area contributed by atoms with Crippen molar-refractivity contribution in [3.8, 4) is 11.5 Å². The molecule has 4 rings (SSSR count). The molecule has 9 heteroatoms. The molecule has 4 aromatic rings. The lowest BCUT2D eigenvalue weighted by Crippen LogP contribution is -2.23. The summed E-state index contributed by atoms with van der Waals surface area (Å²) in [4.78, 5) is 4.25. The number of hydrogen-bond donors (Lipinski definition) is 1. The van der Waals surface area contributed by atoms with E-state index in [1.807, 2.05) is 0 Å². The first-order valence-corrected chi connectivity index (χ1v) is 9.43. The monoisotopic (exact) mass is 389 g/mol. The van der Waals surface area contributed by atoms with Crippen molar-refractivity contribution in [3.05, 3.63) is 65.6 Å². The van der Waals surface area contributed by atoms with E-state index in [2.05, 4.69) is 14.9 Å². The zero-order valence-electron chi connectivity index (χ0n) is 13.2. The van der Waals surface area contributed by atoms with Crippen LogP contribution in [0.3, 0.4) is 0 Å². The minimum Gasteiger partial charge on any atom is -0.463 e. The Kier molecular flexibility index (Phi) is 4.23. The standard InChI is InChI=1S/C17H12ClN3O4S/c18-12-7-5-11(6-8-12)17-20-16(21-25-17)9-19-26(22,23)15-10-24-14-4-2-1-3-13(14)15/h1-8,10,19H,9H2. The van der Waals surface area contributed by atoms with Gasteiger partial charge in [-0.3, -0.25) is 0 Å². The van der Waals surface area contributed by atoms with E-state index in [4.69, 9.17) is 20.5 Å². The van der Waals surface area contributed by atoms with Gasteiger partial charge in [0.2, 0.25) is 10.0 Å². The van der Waals surface area contributed by atoms with Gasteiger partial charge in [-0.15, -0.1) is 0 Å². The molecule has 0 aliphatic rings. The summed E-state index contributed by atoms with van der Waals surface area (Å²) in [6, 6.07) is 13.8. The van der Waals surface area contributed by atoms with Crippen LogP contribution in [0.15, 0.2) is 68.6 Å². The molecule has 1 N–H and O–H groups in total. The lowest BCUT2D eigenvalue weighted by molar-refractivity contribution is 0.421.